The molecule has 0 spiro atoms. The van der Waals surface area contributed by atoms with Gasteiger partial charge in [-0.15, -0.1) is 0 Å². The summed E-state index contributed by atoms with van der Waals surface area (Å²) in [4.78, 5) is 10.4. The zero-order chi connectivity index (χ0) is 13.7. The molecule has 0 radical (unpaired) electrons. The van der Waals surface area contributed by atoms with Gasteiger partial charge in [0.2, 0.25) is 0 Å². The monoisotopic (exact) mass is 262 g/mol. The molecule has 0 aliphatic heterocycles. The van der Waals surface area contributed by atoms with E-state index in [2.05, 4.69) is 33.9 Å². The smallest absolute Gasteiger partial charge is 0.261 e. The standard InChI is InChI=1S/C13H18N4O2/c1-3-17(4-2)8-6-12-15-13(19-16-12)10-5-7-14-9-11(10)18/h5,7,9,18H,3-4,6,8H2,1-2H3. The highest BCUT2D eigenvalue weighted by Crippen LogP contribution is 2.25. The Labute approximate surface area is 112 Å². The number of aromatic nitrogens is 3. The van der Waals surface area contributed by atoms with Gasteiger partial charge in [0.15, 0.2) is 5.82 Å². The molecule has 0 aliphatic carbocycles. The van der Waals surface area contributed by atoms with Crippen LogP contribution in [-0.4, -0.2) is 44.8 Å². The van der Waals surface area contributed by atoms with Crippen LogP contribution in [-0.2, 0) is 6.42 Å². The van der Waals surface area contributed by atoms with Gasteiger partial charge in [-0.1, -0.05) is 19.0 Å². The highest BCUT2D eigenvalue weighted by molar-refractivity contribution is 5.60. The van der Waals surface area contributed by atoms with E-state index in [0.717, 1.165) is 26.1 Å². The molecule has 0 bridgehead atoms. The number of nitrogens with zero attached hydrogens (tertiary/aromatic N) is 4. The van der Waals surface area contributed by atoms with Crippen molar-refractivity contribution in [1.82, 2.24) is 20.0 Å². The molecule has 6 nitrogen and oxygen atoms in total. The molecule has 2 aromatic heterocycles. The second-order valence-electron chi connectivity index (χ2n) is 4.19. The summed E-state index contributed by atoms with van der Waals surface area (Å²) < 4.78 is 5.16. The van der Waals surface area contributed by atoms with Crippen LogP contribution in [0.3, 0.4) is 0 Å². The summed E-state index contributed by atoms with van der Waals surface area (Å²) >= 11 is 0. The molecule has 0 saturated carbocycles. The number of hydrogen-bond acceptors (Lipinski definition) is 6. The van der Waals surface area contributed by atoms with E-state index in [1.54, 1.807) is 12.3 Å². The van der Waals surface area contributed by atoms with E-state index in [4.69, 9.17) is 4.52 Å². The molecule has 0 fully saturated rings. The Bertz CT molecular complexity index is 523. The minimum Gasteiger partial charge on any atom is -0.505 e. The van der Waals surface area contributed by atoms with Gasteiger partial charge in [0.05, 0.1) is 11.8 Å². The van der Waals surface area contributed by atoms with Crippen molar-refractivity contribution in [1.29, 1.82) is 0 Å². The van der Waals surface area contributed by atoms with Crippen molar-refractivity contribution in [3.63, 3.8) is 0 Å². The summed E-state index contributed by atoms with van der Waals surface area (Å²) in [6.07, 6.45) is 3.67. The molecule has 2 rings (SSSR count). The summed E-state index contributed by atoms with van der Waals surface area (Å²) in [5.74, 6) is 1.02. The van der Waals surface area contributed by atoms with Gasteiger partial charge in [-0.3, -0.25) is 4.98 Å². The minimum absolute atomic E-state index is 0.0430. The largest absolute Gasteiger partial charge is 0.505 e. The van der Waals surface area contributed by atoms with Crippen LogP contribution in [0.4, 0.5) is 0 Å². The van der Waals surface area contributed by atoms with Gasteiger partial charge < -0.3 is 14.5 Å². The van der Waals surface area contributed by atoms with Crippen LogP contribution in [0.2, 0.25) is 0 Å². The predicted molar refractivity (Wildman–Crippen MR) is 70.7 cm³/mol. The Morgan fingerprint density at radius 2 is 2.11 bits per heavy atom. The molecule has 0 aliphatic rings. The number of pyridine rings is 1. The average Bonchev–Trinajstić information content (AvgIpc) is 2.89. The molecule has 2 heterocycles. The lowest BCUT2D eigenvalue weighted by Crippen LogP contribution is -2.25. The molecule has 0 saturated heterocycles. The predicted octanol–water partition coefficient (Wildman–Crippen LogP) is 1.72. The minimum atomic E-state index is 0.0430. The fourth-order valence-electron chi connectivity index (χ4n) is 1.83. The third kappa shape index (κ3) is 3.29. The topological polar surface area (TPSA) is 75.3 Å². The van der Waals surface area contributed by atoms with Gasteiger partial charge in [-0.25, -0.2) is 0 Å². The molecule has 2 aromatic rings. The molecule has 0 aromatic carbocycles. The van der Waals surface area contributed by atoms with Gasteiger partial charge in [-0.05, 0) is 19.2 Å². The molecule has 19 heavy (non-hydrogen) atoms. The molecule has 0 unspecified atom stereocenters. The molecule has 1 N–H and O–H groups in total. The lowest BCUT2D eigenvalue weighted by molar-refractivity contribution is 0.303. The molecule has 102 valence electrons. The summed E-state index contributed by atoms with van der Waals surface area (Å²) in [7, 11) is 0. The molecular formula is C13H18N4O2. The SMILES string of the molecule is CCN(CC)CCc1noc(-c2ccncc2O)n1. The summed E-state index contributed by atoms with van der Waals surface area (Å²) in [5.41, 5.74) is 0.511. The average molecular weight is 262 g/mol. The Morgan fingerprint density at radius 3 is 2.79 bits per heavy atom. The quantitative estimate of drug-likeness (QED) is 0.854. The van der Waals surface area contributed by atoms with E-state index < -0.39 is 0 Å². The van der Waals surface area contributed by atoms with E-state index in [1.807, 2.05) is 0 Å². The van der Waals surface area contributed by atoms with Gasteiger partial charge in [0.1, 0.15) is 5.75 Å². The van der Waals surface area contributed by atoms with Crippen molar-refractivity contribution in [3.8, 4) is 17.2 Å². The number of aromatic hydroxyl groups is 1. The van der Waals surface area contributed by atoms with Crippen molar-refractivity contribution in [3.05, 3.63) is 24.3 Å². The van der Waals surface area contributed by atoms with Gasteiger partial charge in [0, 0.05) is 19.2 Å². The highest BCUT2D eigenvalue weighted by atomic mass is 16.5. The van der Waals surface area contributed by atoms with Crippen molar-refractivity contribution >= 4 is 0 Å². The first-order chi connectivity index (χ1) is 9.24. The maximum Gasteiger partial charge on any atom is 0.261 e. The third-order valence-corrected chi connectivity index (χ3v) is 3.04. The van der Waals surface area contributed by atoms with E-state index in [9.17, 15) is 5.11 Å². The van der Waals surface area contributed by atoms with Crippen molar-refractivity contribution in [2.45, 2.75) is 20.3 Å². The van der Waals surface area contributed by atoms with Crippen LogP contribution in [0.25, 0.3) is 11.5 Å². The number of hydrogen-bond donors (Lipinski definition) is 1. The van der Waals surface area contributed by atoms with Gasteiger partial charge >= 0.3 is 0 Å². The van der Waals surface area contributed by atoms with E-state index in [1.165, 1.54) is 6.20 Å². The Hall–Kier alpha value is -1.95. The second kappa shape index (κ2) is 6.29. The number of rotatable bonds is 6. The lowest BCUT2D eigenvalue weighted by atomic mass is 10.2. The number of likely N-dealkylation sites (N-methyl/N-ethyl adjacent to an activating group) is 1. The third-order valence-electron chi connectivity index (χ3n) is 3.04. The second-order valence-corrected chi connectivity index (χ2v) is 4.19. The maximum atomic E-state index is 9.67. The van der Waals surface area contributed by atoms with Gasteiger partial charge in [0.25, 0.3) is 5.89 Å². The van der Waals surface area contributed by atoms with Crippen LogP contribution >= 0.6 is 0 Å². The first kappa shape index (κ1) is 13.5. The maximum absolute atomic E-state index is 9.67. The van der Waals surface area contributed by atoms with Gasteiger partial charge in [-0.2, -0.15) is 4.98 Å². The van der Waals surface area contributed by atoms with Crippen LogP contribution in [0.15, 0.2) is 23.0 Å². The van der Waals surface area contributed by atoms with Crippen molar-refractivity contribution < 1.29 is 9.63 Å². The zero-order valence-corrected chi connectivity index (χ0v) is 11.2. The fraction of sp³-hybridized carbons (Fsp3) is 0.462. The van der Waals surface area contributed by atoms with Crippen LogP contribution in [0.1, 0.15) is 19.7 Å². The van der Waals surface area contributed by atoms with E-state index in [0.29, 0.717) is 17.3 Å². The molecule has 6 heteroatoms. The lowest BCUT2D eigenvalue weighted by Gasteiger charge is -2.16. The first-order valence-electron chi connectivity index (χ1n) is 6.42. The highest BCUT2D eigenvalue weighted by Gasteiger charge is 2.13. The fourth-order valence-corrected chi connectivity index (χ4v) is 1.83. The van der Waals surface area contributed by atoms with Crippen LogP contribution in [0.5, 0.6) is 5.75 Å². The first-order valence-corrected chi connectivity index (χ1v) is 6.42. The molecular weight excluding hydrogens is 244 g/mol. The Balaban J connectivity index is 2.05. The Kier molecular flexibility index (Phi) is 4.46. The van der Waals surface area contributed by atoms with Crippen molar-refractivity contribution in [2.75, 3.05) is 19.6 Å². The van der Waals surface area contributed by atoms with Crippen molar-refractivity contribution in [2.24, 2.45) is 0 Å². The summed E-state index contributed by atoms with van der Waals surface area (Å²) in [6, 6.07) is 1.65. The van der Waals surface area contributed by atoms with E-state index in [-0.39, 0.29) is 5.75 Å². The summed E-state index contributed by atoms with van der Waals surface area (Å²) in [5, 5.41) is 13.6. The van der Waals surface area contributed by atoms with E-state index >= 15 is 0 Å². The Morgan fingerprint density at radius 1 is 1.32 bits per heavy atom. The zero-order valence-electron chi connectivity index (χ0n) is 11.2. The molecule has 0 atom stereocenters. The van der Waals surface area contributed by atoms with Crippen LogP contribution < -0.4 is 0 Å². The normalized spacial score (nSPS) is 11.1. The summed E-state index contributed by atoms with van der Waals surface area (Å²) in [6.45, 7) is 7.16. The molecule has 0 amide bonds. The van der Waals surface area contributed by atoms with Crippen LogP contribution in [0, 0.1) is 0 Å².